The summed E-state index contributed by atoms with van der Waals surface area (Å²) < 4.78 is 23.0. The molecule has 0 aromatic heterocycles. The average Bonchev–Trinajstić information content (AvgIpc) is 2.66. The number of hydrogen-bond acceptors (Lipinski definition) is 3. The Morgan fingerprint density at radius 3 is 1.67 bits per heavy atom. The molecule has 0 aliphatic carbocycles. The first-order valence-electron chi connectivity index (χ1n) is 9.92. The minimum atomic E-state index is -3.15. The van der Waals surface area contributed by atoms with Crippen molar-refractivity contribution in [1.82, 2.24) is 10.6 Å². The van der Waals surface area contributed by atoms with Gasteiger partial charge in [-0.2, -0.15) is 0 Å². The molecule has 0 spiro atoms. The van der Waals surface area contributed by atoms with E-state index in [9.17, 15) is 8.42 Å². The van der Waals surface area contributed by atoms with Crippen molar-refractivity contribution in [3.8, 4) is 0 Å². The molecular formula is C23H34IN3O2S. The number of guanidine groups is 1. The summed E-state index contributed by atoms with van der Waals surface area (Å²) in [6, 6.07) is 15.8. The summed E-state index contributed by atoms with van der Waals surface area (Å²) in [5.41, 5.74) is 3.90. The molecule has 7 heteroatoms. The first-order chi connectivity index (χ1) is 13.6. The van der Waals surface area contributed by atoms with E-state index in [0.717, 1.165) is 37.5 Å². The van der Waals surface area contributed by atoms with Crippen molar-refractivity contribution < 1.29 is 8.42 Å². The Hall–Kier alpha value is -1.61. The summed E-state index contributed by atoms with van der Waals surface area (Å²) in [6.45, 7) is 8.19. The summed E-state index contributed by atoms with van der Waals surface area (Å²) in [5, 5.41) is 6.64. The largest absolute Gasteiger partial charge is 0.356 e. The van der Waals surface area contributed by atoms with Gasteiger partial charge in [-0.1, -0.05) is 57.2 Å². The van der Waals surface area contributed by atoms with E-state index in [1.54, 1.807) is 19.2 Å². The highest BCUT2D eigenvalue weighted by molar-refractivity contribution is 14.0. The number of sulfone groups is 1. The lowest BCUT2D eigenvalue weighted by Crippen LogP contribution is -2.39. The van der Waals surface area contributed by atoms with Crippen LogP contribution in [0.25, 0.3) is 0 Å². The zero-order valence-electron chi connectivity index (χ0n) is 18.5. The topological polar surface area (TPSA) is 70.6 Å². The first kappa shape index (κ1) is 26.4. The summed E-state index contributed by atoms with van der Waals surface area (Å²) in [4.78, 5) is 4.61. The van der Waals surface area contributed by atoms with Crippen LogP contribution in [0.3, 0.4) is 0 Å². The van der Waals surface area contributed by atoms with Crippen LogP contribution in [0.4, 0.5) is 0 Å². The van der Waals surface area contributed by atoms with E-state index in [4.69, 9.17) is 0 Å². The van der Waals surface area contributed by atoms with Gasteiger partial charge in [0.15, 0.2) is 15.8 Å². The van der Waals surface area contributed by atoms with Gasteiger partial charge >= 0.3 is 0 Å². The summed E-state index contributed by atoms with van der Waals surface area (Å²) in [7, 11) is -1.39. The highest BCUT2D eigenvalue weighted by Gasteiger charge is 2.12. The van der Waals surface area contributed by atoms with E-state index in [1.165, 1.54) is 17.4 Å². The number of nitrogens with zero attached hydrogens (tertiary/aromatic N) is 1. The van der Waals surface area contributed by atoms with Crippen LogP contribution in [0, 0.1) is 0 Å². The summed E-state index contributed by atoms with van der Waals surface area (Å²) in [6.07, 6.45) is 2.94. The Morgan fingerprint density at radius 1 is 0.867 bits per heavy atom. The van der Waals surface area contributed by atoms with Crippen molar-refractivity contribution in [2.24, 2.45) is 4.99 Å². The number of halogens is 1. The lowest BCUT2D eigenvalue weighted by atomic mass is 9.86. The van der Waals surface area contributed by atoms with Crippen LogP contribution in [0.15, 0.2) is 58.4 Å². The molecule has 0 aliphatic rings. The fourth-order valence-corrected chi connectivity index (χ4v) is 3.58. The lowest BCUT2D eigenvalue weighted by Gasteiger charge is -2.19. The van der Waals surface area contributed by atoms with E-state index in [-0.39, 0.29) is 29.4 Å². The van der Waals surface area contributed by atoms with Crippen molar-refractivity contribution in [2.75, 3.05) is 26.4 Å². The predicted molar refractivity (Wildman–Crippen MR) is 137 cm³/mol. The molecule has 0 radical (unpaired) electrons. The van der Waals surface area contributed by atoms with Gasteiger partial charge in [0, 0.05) is 26.4 Å². The first-order valence-corrected chi connectivity index (χ1v) is 11.8. The molecule has 30 heavy (non-hydrogen) atoms. The SMILES string of the molecule is CN=C(NCCc1ccc(C(C)(C)C)cc1)NCCc1ccc(S(C)(=O)=O)cc1.I. The highest BCUT2D eigenvalue weighted by atomic mass is 127. The Balaban J connectivity index is 0.00000450. The molecule has 0 saturated heterocycles. The zero-order valence-corrected chi connectivity index (χ0v) is 21.7. The normalized spacial score (nSPS) is 12.2. The molecule has 0 fully saturated rings. The molecule has 2 aromatic carbocycles. The van der Waals surface area contributed by atoms with Gasteiger partial charge in [-0.15, -0.1) is 24.0 Å². The minimum Gasteiger partial charge on any atom is -0.356 e. The van der Waals surface area contributed by atoms with Gasteiger partial charge in [0.05, 0.1) is 4.90 Å². The predicted octanol–water partition coefficient (Wildman–Crippen LogP) is 3.96. The maximum atomic E-state index is 11.5. The minimum absolute atomic E-state index is 0. The van der Waals surface area contributed by atoms with Gasteiger partial charge < -0.3 is 10.6 Å². The Bertz CT molecular complexity index is 916. The number of rotatable bonds is 7. The molecule has 0 atom stereocenters. The third-order valence-corrected chi connectivity index (χ3v) is 5.94. The van der Waals surface area contributed by atoms with Crippen molar-refractivity contribution in [3.05, 3.63) is 65.2 Å². The Kier molecular flexibility index (Phi) is 10.3. The van der Waals surface area contributed by atoms with Crippen LogP contribution in [0.1, 0.15) is 37.5 Å². The van der Waals surface area contributed by atoms with Gasteiger partial charge in [0.1, 0.15) is 0 Å². The molecule has 5 nitrogen and oxygen atoms in total. The van der Waals surface area contributed by atoms with E-state index in [1.807, 2.05) is 12.1 Å². The number of nitrogens with one attached hydrogen (secondary N) is 2. The number of hydrogen-bond donors (Lipinski definition) is 2. The lowest BCUT2D eigenvalue weighted by molar-refractivity contribution is 0.590. The standard InChI is InChI=1S/C23H33N3O2S.HI/c1-23(2,3)20-10-6-18(7-11-20)14-16-25-22(24-4)26-17-15-19-8-12-21(13-9-19)29(5,27)28;/h6-13H,14-17H2,1-5H3,(H2,24,25,26);1H. The van der Waals surface area contributed by atoms with Crippen LogP contribution in [-0.2, 0) is 28.1 Å². The third-order valence-electron chi connectivity index (χ3n) is 4.81. The van der Waals surface area contributed by atoms with Gasteiger partial charge in [0.25, 0.3) is 0 Å². The molecular weight excluding hydrogens is 509 g/mol. The van der Waals surface area contributed by atoms with Gasteiger partial charge in [-0.3, -0.25) is 4.99 Å². The molecule has 0 saturated carbocycles. The second kappa shape index (κ2) is 11.7. The van der Waals surface area contributed by atoms with E-state index in [2.05, 4.69) is 60.7 Å². The molecule has 2 N–H and O–H groups in total. The highest BCUT2D eigenvalue weighted by Crippen LogP contribution is 2.22. The molecule has 0 heterocycles. The molecule has 0 unspecified atom stereocenters. The van der Waals surface area contributed by atoms with Crippen molar-refractivity contribution >= 4 is 39.8 Å². The van der Waals surface area contributed by atoms with E-state index < -0.39 is 9.84 Å². The second-order valence-corrected chi connectivity index (χ2v) is 10.3. The number of aliphatic imine (C=N–C) groups is 1. The molecule has 0 amide bonds. The summed E-state index contributed by atoms with van der Waals surface area (Å²) in [5.74, 6) is 0.768. The smallest absolute Gasteiger partial charge is 0.190 e. The quantitative estimate of drug-likeness (QED) is 0.315. The molecule has 2 aromatic rings. The molecule has 2 rings (SSSR count). The monoisotopic (exact) mass is 543 g/mol. The number of benzene rings is 2. The van der Waals surface area contributed by atoms with Crippen LogP contribution in [0.2, 0.25) is 0 Å². The maximum absolute atomic E-state index is 11.5. The second-order valence-electron chi connectivity index (χ2n) is 8.29. The zero-order chi connectivity index (χ0) is 21.5. The van der Waals surface area contributed by atoms with Crippen molar-refractivity contribution in [1.29, 1.82) is 0 Å². The molecule has 0 bridgehead atoms. The van der Waals surface area contributed by atoms with Gasteiger partial charge in [0.2, 0.25) is 0 Å². The van der Waals surface area contributed by atoms with Crippen LogP contribution in [-0.4, -0.2) is 40.8 Å². The van der Waals surface area contributed by atoms with Crippen molar-refractivity contribution in [3.63, 3.8) is 0 Å². The molecule has 0 aliphatic heterocycles. The summed E-state index contributed by atoms with van der Waals surface area (Å²) >= 11 is 0. The van der Waals surface area contributed by atoms with Gasteiger partial charge in [-0.05, 0) is 47.1 Å². The fourth-order valence-electron chi connectivity index (χ4n) is 2.95. The fraction of sp³-hybridized carbons (Fsp3) is 0.435. The van der Waals surface area contributed by atoms with E-state index in [0.29, 0.717) is 4.90 Å². The Labute approximate surface area is 198 Å². The molecule has 166 valence electrons. The van der Waals surface area contributed by atoms with Crippen LogP contribution < -0.4 is 10.6 Å². The van der Waals surface area contributed by atoms with Crippen molar-refractivity contribution in [2.45, 2.75) is 43.9 Å². The maximum Gasteiger partial charge on any atom is 0.190 e. The van der Waals surface area contributed by atoms with Gasteiger partial charge in [-0.25, -0.2) is 8.42 Å². The van der Waals surface area contributed by atoms with E-state index >= 15 is 0 Å². The van der Waals surface area contributed by atoms with Crippen LogP contribution >= 0.6 is 24.0 Å². The average molecular weight is 544 g/mol. The van der Waals surface area contributed by atoms with Crippen LogP contribution in [0.5, 0.6) is 0 Å². The Morgan fingerprint density at radius 2 is 1.30 bits per heavy atom. The third kappa shape index (κ3) is 8.63.